The average molecular weight is 320 g/mol. The van der Waals surface area contributed by atoms with Gasteiger partial charge in [-0.2, -0.15) is 0 Å². The van der Waals surface area contributed by atoms with Gasteiger partial charge in [-0.25, -0.2) is 4.98 Å². The number of carbonyl (C=O) groups is 1. The molecule has 0 aliphatic rings. The third kappa shape index (κ3) is 4.10. The van der Waals surface area contributed by atoms with Crippen LogP contribution in [0.3, 0.4) is 0 Å². The molecule has 24 heavy (non-hydrogen) atoms. The maximum Gasteiger partial charge on any atom is 0.220 e. The summed E-state index contributed by atoms with van der Waals surface area (Å²) in [5.74, 6) is 1.28. The number of amides is 1. The van der Waals surface area contributed by atoms with Crippen LogP contribution in [0.1, 0.15) is 23.6 Å². The number of oxazole rings is 1. The predicted molar refractivity (Wildman–Crippen MR) is 93.3 cm³/mol. The van der Waals surface area contributed by atoms with Crippen molar-refractivity contribution in [2.45, 2.75) is 26.3 Å². The van der Waals surface area contributed by atoms with Gasteiger partial charge in [0.15, 0.2) is 0 Å². The zero-order valence-electron chi connectivity index (χ0n) is 13.7. The van der Waals surface area contributed by atoms with Crippen LogP contribution in [0.4, 0.5) is 0 Å². The van der Waals surface area contributed by atoms with E-state index in [0.29, 0.717) is 18.9 Å². The van der Waals surface area contributed by atoms with E-state index in [1.807, 2.05) is 67.6 Å². The molecule has 3 rings (SSSR count). The summed E-state index contributed by atoms with van der Waals surface area (Å²) in [7, 11) is 0. The van der Waals surface area contributed by atoms with Gasteiger partial charge in [0.2, 0.25) is 11.8 Å². The van der Waals surface area contributed by atoms with E-state index in [-0.39, 0.29) is 5.91 Å². The first-order valence-corrected chi connectivity index (χ1v) is 8.05. The second-order valence-corrected chi connectivity index (χ2v) is 5.64. The standard InChI is InChI=1S/C20H20N2O2/c1-15-20(17-10-6-3-7-11-17)22-19(24-15)14-21-18(23)13-12-16-8-4-2-5-9-16/h2-11H,12-14H2,1H3,(H,21,23). The molecule has 0 unspecified atom stereocenters. The highest BCUT2D eigenvalue weighted by molar-refractivity contribution is 5.76. The molecular formula is C20H20N2O2. The Hall–Kier alpha value is -2.88. The van der Waals surface area contributed by atoms with Crippen molar-refractivity contribution in [3.8, 4) is 11.3 Å². The first kappa shape index (κ1) is 16.0. The molecule has 0 spiro atoms. The molecule has 4 nitrogen and oxygen atoms in total. The highest BCUT2D eigenvalue weighted by Crippen LogP contribution is 2.22. The number of rotatable bonds is 6. The van der Waals surface area contributed by atoms with Gasteiger partial charge >= 0.3 is 0 Å². The van der Waals surface area contributed by atoms with E-state index in [9.17, 15) is 4.79 Å². The number of hydrogen-bond acceptors (Lipinski definition) is 3. The van der Waals surface area contributed by atoms with Gasteiger partial charge in [0.1, 0.15) is 11.5 Å². The number of aryl methyl sites for hydroxylation is 2. The van der Waals surface area contributed by atoms with Crippen molar-refractivity contribution in [3.63, 3.8) is 0 Å². The highest BCUT2D eigenvalue weighted by atomic mass is 16.4. The second kappa shape index (κ2) is 7.59. The molecule has 1 aromatic heterocycles. The minimum absolute atomic E-state index is 0.00373. The molecule has 2 aromatic carbocycles. The number of hydrogen-bond donors (Lipinski definition) is 1. The maximum atomic E-state index is 12.0. The Bertz CT molecular complexity index is 795. The normalized spacial score (nSPS) is 10.5. The molecule has 0 radical (unpaired) electrons. The first-order chi connectivity index (χ1) is 11.7. The molecule has 4 heteroatoms. The number of aromatic nitrogens is 1. The summed E-state index contributed by atoms with van der Waals surface area (Å²) in [6.07, 6.45) is 1.18. The Morgan fingerprint density at radius 2 is 1.71 bits per heavy atom. The van der Waals surface area contributed by atoms with E-state index in [1.165, 1.54) is 0 Å². The van der Waals surface area contributed by atoms with Crippen molar-refractivity contribution in [2.24, 2.45) is 0 Å². The molecule has 122 valence electrons. The van der Waals surface area contributed by atoms with Crippen LogP contribution in [-0.2, 0) is 17.8 Å². The Morgan fingerprint density at radius 1 is 1.04 bits per heavy atom. The van der Waals surface area contributed by atoms with Gasteiger partial charge in [-0.1, -0.05) is 60.7 Å². The molecule has 0 saturated carbocycles. The number of carbonyl (C=O) groups excluding carboxylic acids is 1. The predicted octanol–water partition coefficient (Wildman–Crippen LogP) is 3.90. The minimum Gasteiger partial charge on any atom is -0.443 e. The van der Waals surface area contributed by atoms with E-state index in [4.69, 9.17) is 4.42 Å². The Balaban J connectivity index is 1.54. The van der Waals surface area contributed by atoms with Gasteiger partial charge < -0.3 is 9.73 Å². The van der Waals surface area contributed by atoms with Crippen molar-refractivity contribution in [3.05, 3.63) is 77.9 Å². The zero-order chi connectivity index (χ0) is 16.8. The summed E-state index contributed by atoms with van der Waals surface area (Å²) >= 11 is 0. The fourth-order valence-corrected chi connectivity index (χ4v) is 2.56. The lowest BCUT2D eigenvalue weighted by atomic mass is 10.1. The number of nitrogens with one attached hydrogen (secondary N) is 1. The number of benzene rings is 2. The monoisotopic (exact) mass is 320 g/mol. The summed E-state index contributed by atoms with van der Waals surface area (Å²) in [4.78, 5) is 16.5. The lowest BCUT2D eigenvalue weighted by Gasteiger charge is -2.03. The van der Waals surface area contributed by atoms with E-state index >= 15 is 0 Å². The van der Waals surface area contributed by atoms with Crippen LogP contribution in [-0.4, -0.2) is 10.9 Å². The quantitative estimate of drug-likeness (QED) is 0.749. The molecule has 1 N–H and O–H groups in total. The molecule has 1 amide bonds. The first-order valence-electron chi connectivity index (χ1n) is 8.05. The fourth-order valence-electron chi connectivity index (χ4n) is 2.56. The smallest absolute Gasteiger partial charge is 0.220 e. The van der Waals surface area contributed by atoms with Crippen LogP contribution in [0, 0.1) is 6.92 Å². The Kier molecular flexibility index (Phi) is 5.06. The topological polar surface area (TPSA) is 55.1 Å². The maximum absolute atomic E-state index is 12.0. The number of nitrogens with zero attached hydrogens (tertiary/aromatic N) is 1. The van der Waals surface area contributed by atoms with Crippen molar-refractivity contribution >= 4 is 5.91 Å². The van der Waals surface area contributed by atoms with Gasteiger partial charge in [-0.05, 0) is 18.9 Å². The van der Waals surface area contributed by atoms with Crippen molar-refractivity contribution in [1.29, 1.82) is 0 Å². The average Bonchev–Trinajstić information content (AvgIpc) is 3.00. The third-order valence-electron chi connectivity index (χ3n) is 3.81. The second-order valence-electron chi connectivity index (χ2n) is 5.64. The van der Waals surface area contributed by atoms with E-state index in [0.717, 1.165) is 29.0 Å². The third-order valence-corrected chi connectivity index (χ3v) is 3.81. The SMILES string of the molecule is Cc1oc(CNC(=O)CCc2ccccc2)nc1-c1ccccc1. The lowest BCUT2D eigenvalue weighted by Crippen LogP contribution is -2.23. The largest absolute Gasteiger partial charge is 0.443 e. The van der Waals surface area contributed by atoms with Crippen LogP contribution < -0.4 is 5.32 Å². The van der Waals surface area contributed by atoms with Crippen molar-refractivity contribution in [1.82, 2.24) is 10.3 Å². The molecule has 3 aromatic rings. The molecule has 0 bridgehead atoms. The summed E-state index contributed by atoms with van der Waals surface area (Å²) in [5.41, 5.74) is 3.00. The lowest BCUT2D eigenvalue weighted by molar-refractivity contribution is -0.121. The highest BCUT2D eigenvalue weighted by Gasteiger charge is 2.12. The van der Waals surface area contributed by atoms with Gasteiger partial charge in [0.25, 0.3) is 0 Å². The molecule has 0 aliphatic heterocycles. The molecule has 0 fully saturated rings. The summed E-state index contributed by atoms with van der Waals surface area (Å²) in [6.45, 7) is 2.19. The fraction of sp³-hybridized carbons (Fsp3) is 0.200. The Labute approximate surface area is 141 Å². The van der Waals surface area contributed by atoms with Crippen LogP contribution in [0.5, 0.6) is 0 Å². The zero-order valence-corrected chi connectivity index (χ0v) is 13.7. The van der Waals surface area contributed by atoms with Crippen molar-refractivity contribution in [2.75, 3.05) is 0 Å². The summed E-state index contributed by atoms with van der Waals surface area (Å²) < 4.78 is 5.66. The molecule has 0 atom stereocenters. The summed E-state index contributed by atoms with van der Waals surface area (Å²) in [6, 6.07) is 19.9. The van der Waals surface area contributed by atoms with Crippen molar-refractivity contribution < 1.29 is 9.21 Å². The van der Waals surface area contributed by atoms with Gasteiger partial charge in [-0.3, -0.25) is 4.79 Å². The van der Waals surface area contributed by atoms with Gasteiger partial charge in [-0.15, -0.1) is 0 Å². The Morgan fingerprint density at radius 3 is 2.42 bits per heavy atom. The van der Waals surface area contributed by atoms with Gasteiger partial charge in [0.05, 0.1) is 6.54 Å². The molecule has 0 aliphatic carbocycles. The van der Waals surface area contributed by atoms with E-state index < -0.39 is 0 Å². The summed E-state index contributed by atoms with van der Waals surface area (Å²) in [5, 5.41) is 2.87. The molecule has 0 saturated heterocycles. The van der Waals surface area contributed by atoms with Crippen LogP contribution in [0.2, 0.25) is 0 Å². The van der Waals surface area contributed by atoms with E-state index in [2.05, 4.69) is 10.3 Å². The minimum atomic E-state index is -0.00373. The van der Waals surface area contributed by atoms with E-state index in [1.54, 1.807) is 0 Å². The van der Waals surface area contributed by atoms with Crippen LogP contribution in [0.15, 0.2) is 65.1 Å². The molecule has 1 heterocycles. The van der Waals surface area contributed by atoms with Gasteiger partial charge in [0, 0.05) is 12.0 Å². The molecular weight excluding hydrogens is 300 g/mol. The van der Waals surface area contributed by atoms with Crippen LogP contribution in [0.25, 0.3) is 11.3 Å². The van der Waals surface area contributed by atoms with Crippen LogP contribution >= 0.6 is 0 Å².